The summed E-state index contributed by atoms with van der Waals surface area (Å²) in [7, 11) is -8.45. The fourth-order valence-corrected chi connectivity index (χ4v) is 11.1. The fraction of sp³-hybridized carbons (Fsp3) is 0.520. The molecule has 0 atom stereocenters. The third kappa shape index (κ3) is 12.4. The van der Waals surface area contributed by atoms with Crippen LogP contribution in [0, 0.1) is 19.8 Å². The highest BCUT2D eigenvalue weighted by Crippen LogP contribution is 2.47. The van der Waals surface area contributed by atoms with Crippen LogP contribution in [0.5, 0.6) is 11.5 Å². The summed E-state index contributed by atoms with van der Waals surface area (Å²) in [5.74, 6) is 0.242. The van der Waals surface area contributed by atoms with Crippen molar-refractivity contribution in [2.45, 2.75) is 149 Å². The second-order valence-corrected chi connectivity index (χ2v) is 22.6. The average molecular weight is 991 g/mol. The Labute approximate surface area is 403 Å². The van der Waals surface area contributed by atoms with Gasteiger partial charge in [0.2, 0.25) is 5.95 Å². The van der Waals surface area contributed by atoms with Gasteiger partial charge in [-0.25, -0.2) is 19.4 Å². The first-order chi connectivity index (χ1) is 32.9. The van der Waals surface area contributed by atoms with Crippen LogP contribution in [-0.2, 0) is 29.6 Å². The maximum Gasteiger partial charge on any atom is 0.281 e. The van der Waals surface area contributed by atoms with Crippen LogP contribution in [-0.4, -0.2) is 98.4 Å². The molecule has 0 bridgehead atoms. The summed E-state index contributed by atoms with van der Waals surface area (Å²) in [5.41, 5.74) is 1.83. The van der Waals surface area contributed by atoms with Crippen molar-refractivity contribution >= 4 is 37.7 Å². The molecule has 4 aromatic rings. The molecule has 6 fully saturated rings. The second kappa shape index (κ2) is 21.0. The first kappa shape index (κ1) is 50.2. The van der Waals surface area contributed by atoms with Gasteiger partial charge >= 0.3 is 0 Å². The monoisotopic (exact) mass is 990 g/mol. The van der Waals surface area contributed by atoms with E-state index in [1.165, 1.54) is 50.7 Å². The zero-order chi connectivity index (χ0) is 49.0. The summed E-state index contributed by atoms with van der Waals surface area (Å²) in [4.78, 5) is 35.3. The van der Waals surface area contributed by atoms with Crippen molar-refractivity contribution < 1.29 is 50.5 Å². The molecule has 2 saturated heterocycles. The molecule has 16 nitrogen and oxygen atoms in total. The number of carbonyl (C=O) groups is 2. The van der Waals surface area contributed by atoms with Crippen molar-refractivity contribution in [3.8, 4) is 11.5 Å². The summed E-state index contributed by atoms with van der Waals surface area (Å²) < 4.78 is 80.9. The van der Waals surface area contributed by atoms with Gasteiger partial charge in [0, 0.05) is 51.9 Å². The molecule has 0 unspecified atom stereocenters. The SMILES string of the molecule is Cc1ccc(C2CCCCC2)c(OC2(C(=O)NS(=O)(=O)c3cccc(F)n3)CC2)c1.Cc1ccc(C2CCCCC2)c(OC2(C(=O)NS(=O)(=O)c3cccc(N4CC(O)C4)n3)CC2)c1.OC1CNC1. The average Bonchev–Trinajstić information content (AvgIpc) is 4.26. The van der Waals surface area contributed by atoms with Crippen molar-refractivity contribution in [1.82, 2.24) is 24.7 Å². The molecule has 2 amide bonds. The summed E-state index contributed by atoms with van der Waals surface area (Å²) in [6.45, 7) is 6.33. The molecule has 4 saturated carbocycles. The quantitative estimate of drug-likeness (QED) is 0.0973. The Morgan fingerprint density at radius 3 is 1.48 bits per heavy atom. The Balaban J connectivity index is 0.000000170. The standard InChI is InChI=1S/C25H31N3O5S.C22H25FN2O4S.C3H7NO/c1-17-10-11-20(18-6-3-2-4-7-18)21(14-17)33-25(12-13-25)24(30)27-34(31,32)23-9-5-8-22(26-23)28-15-19(29)16-28;1-15-10-11-17(16-6-3-2-4-7-16)18(14-15)29-22(12-13-22)21(26)25-30(27,28)20-9-5-8-19(23)24-20;5-3-1-4-2-3/h5,8-11,14,18-19,29H,2-4,6-7,12-13,15-16H2,1H3,(H,27,30);5,8-11,14,16H,2-4,6-7,12-13H2,1H3,(H,25,26);3-5H,1-2H2. The van der Waals surface area contributed by atoms with E-state index in [9.17, 15) is 35.9 Å². The summed E-state index contributed by atoms with van der Waals surface area (Å²) in [6, 6.07) is 20.2. The number of anilines is 1. The Kier molecular flexibility index (Phi) is 15.3. The molecule has 19 heteroatoms. The smallest absolute Gasteiger partial charge is 0.281 e. The van der Waals surface area contributed by atoms with Gasteiger partial charge in [0.05, 0.1) is 12.2 Å². The number of nitrogens with one attached hydrogen (secondary N) is 3. The number of ether oxygens (including phenoxy) is 2. The molecule has 4 aliphatic carbocycles. The van der Waals surface area contributed by atoms with Crippen LogP contribution >= 0.6 is 0 Å². The summed E-state index contributed by atoms with van der Waals surface area (Å²) in [5, 5.41) is 20.0. The number of aliphatic hydroxyl groups excluding tert-OH is 2. The van der Waals surface area contributed by atoms with Crippen molar-refractivity contribution in [2.24, 2.45) is 0 Å². The van der Waals surface area contributed by atoms with E-state index in [2.05, 4.69) is 38.2 Å². The molecule has 6 aliphatic rings. The molecular weight excluding hydrogens is 928 g/mol. The summed E-state index contributed by atoms with van der Waals surface area (Å²) in [6.07, 6.45) is 12.8. The predicted molar refractivity (Wildman–Crippen MR) is 255 cm³/mol. The number of benzene rings is 2. The number of aliphatic hydroxyl groups is 2. The lowest BCUT2D eigenvalue weighted by molar-refractivity contribution is -0.128. The largest absolute Gasteiger partial charge is 0.477 e. The normalized spacial score (nSPS) is 20.0. The highest BCUT2D eigenvalue weighted by molar-refractivity contribution is 7.90. The Morgan fingerprint density at radius 2 is 1.09 bits per heavy atom. The topological polar surface area (TPSA) is 226 Å². The van der Waals surface area contributed by atoms with E-state index in [0.717, 1.165) is 73.2 Å². The van der Waals surface area contributed by atoms with Gasteiger partial charge in [-0.1, -0.05) is 74.9 Å². The lowest BCUT2D eigenvalue weighted by atomic mass is 9.83. The van der Waals surface area contributed by atoms with Crippen LogP contribution in [0.2, 0.25) is 0 Å². The first-order valence-electron chi connectivity index (χ1n) is 24.1. The molecular formula is C50H63FN6O10S2. The molecule has 2 aliphatic heterocycles. The van der Waals surface area contributed by atoms with Crippen molar-refractivity contribution in [2.75, 3.05) is 31.1 Å². The molecule has 69 heavy (non-hydrogen) atoms. The van der Waals surface area contributed by atoms with E-state index in [0.29, 0.717) is 67.9 Å². The molecule has 5 N–H and O–H groups in total. The van der Waals surface area contributed by atoms with Crippen LogP contribution in [0.1, 0.15) is 124 Å². The van der Waals surface area contributed by atoms with Gasteiger partial charge in [-0.3, -0.25) is 9.59 Å². The maximum absolute atomic E-state index is 13.3. The fourth-order valence-electron chi connectivity index (χ4n) is 9.08. The van der Waals surface area contributed by atoms with Gasteiger partial charge in [-0.2, -0.15) is 21.2 Å². The molecule has 10 rings (SSSR count). The van der Waals surface area contributed by atoms with E-state index in [-0.39, 0.29) is 11.1 Å². The number of rotatable bonds is 13. The van der Waals surface area contributed by atoms with Gasteiger partial charge in [-0.15, -0.1) is 0 Å². The van der Waals surface area contributed by atoms with E-state index in [1.54, 1.807) is 17.0 Å². The van der Waals surface area contributed by atoms with Gasteiger partial charge < -0.3 is 29.9 Å². The third-order valence-electron chi connectivity index (χ3n) is 13.6. The number of amides is 2. The Bertz CT molecular complexity index is 2710. The van der Waals surface area contributed by atoms with Crippen LogP contribution in [0.4, 0.5) is 10.2 Å². The van der Waals surface area contributed by atoms with Gasteiger partial charge in [0.25, 0.3) is 31.9 Å². The number of nitrogens with zero attached hydrogens (tertiary/aromatic N) is 3. The van der Waals surface area contributed by atoms with Gasteiger partial charge in [0.15, 0.2) is 21.3 Å². The second-order valence-electron chi connectivity index (χ2n) is 19.3. The van der Waals surface area contributed by atoms with E-state index in [4.69, 9.17) is 14.6 Å². The molecule has 0 spiro atoms. The predicted octanol–water partition coefficient (Wildman–Crippen LogP) is 5.98. The molecule has 372 valence electrons. The zero-order valence-corrected chi connectivity index (χ0v) is 40.8. The molecule has 4 heterocycles. The highest BCUT2D eigenvalue weighted by atomic mass is 32.2. The summed E-state index contributed by atoms with van der Waals surface area (Å²) >= 11 is 0. The lowest BCUT2D eigenvalue weighted by Gasteiger charge is -2.36. The minimum Gasteiger partial charge on any atom is -0.477 e. The lowest BCUT2D eigenvalue weighted by Crippen LogP contribution is -2.51. The van der Waals surface area contributed by atoms with E-state index in [1.807, 2.05) is 36.8 Å². The third-order valence-corrected chi connectivity index (χ3v) is 16.1. The number of halogens is 1. The van der Waals surface area contributed by atoms with Crippen molar-refractivity contribution in [1.29, 1.82) is 0 Å². The minimum atomic E-state index is -4.29. The molecule has 0 radical (unpaired) electrons. The number of sulfonamides is 2. The van der Waals surface area contributed by atoms with Crippen molar-refractivity contribution in [3.63, 3.8) is 0 Å². The number of hydrogen-bond donors (Lipinski definition) is 5. The number of carbonyl (C=O) groups excluding carboxylic acids is 2. The first-order valence-corrected chi connectivity index (χ1v) is 27.1. The van der Waals surface area contributed by atoms with Gasteiger partial charge in [-0.05, 0) is 110 Å². The van der Waals surface area contributed by atoms with Crippen LogP contribution < -0.4 is 29.1 Å². The number of aromatic nitrogens is 2. The number of β-amino-alcohol motifs (C(OH)–C–C–N with tert-alkyl or cyclic N) is 2. The molecule has 2 aromatic carbocycles. The minimum absolute atomic E-state index is 0.0463. The van der Waals surface area contributed by atoms with Crippen molar-refractivity contribution in [3.05, 3.63) is 101 Å². The highest BCUT2D eigenvalue weighted by Gasteiger charge is 2.56. The number of pyridine rings is 2. The van der Waals surface area contributed by atoms with Crippen LogP contribution in [0.3, 0.4) is 0 Å². The Morgan fingerprint density at radius 1 is 0.652 bits per heavy atom. The number of hydrogen-bond acceptors (Lipinski definition) is 14. The van der Waals surface area contributed by atoms with Crippen LogP contribution in [0.25, 0.3) is 0 Å². The maximum atomic E-state index is 13.3. The zero-order valence-electron chi connectivity index (χ0n) is 39.2. The van der Waals surface area contributed by atoms with E-state index < -0.39 is 60.1 Å². The number of aryl methyl sites for hydroxylation is 2. The Hall–Kier alpha value is -5.21. The van der Waals surface area contributed by atoms with Crippen LogP contribution in [0.15, 0.2) is 82.8 Å². The van der Waals surface area contributed by atoms with E-state index >= 15 is 0 Å². The molecule has 2 aromatic heterocycles. The van der Waals surface area contributed by atoms with Gasteiger partial charge in [0.1, 0.15) is 17.3 Å².